The Hall–Kier alpha value is -3.02. The quantitative estimate of drug-likeness (QED) is 0.390. The first-order chi connectivity index (χ1) is 16.6. The van der Waals surface area contributed by atoms with Crippen LogP contribution in [0.5, 0.6) is 0 Å². The molecule has 0 spiro atoms. The van der Waals surface area contributed by atoms with Gasteiger partial charge in [0, 0.05) is 38.3 Å². The highest BCUT2D eigenvalue weighted by molar-refractivity contribution is 7.92. The minimum absolute atomic E-state index is 0.121. The summed E-state index contributed by atoms with van der Waals surface area (Å²) in [5.74, 6) is -0.470. The monoisotopic (exact) mass is 504 g/mol. The molecule has 0 saturated carbocycles. The molecule has 1 aliphatic heterocycles. The number of ether oxygens (including phenoxy) is 1. The third-order valence-electron chi connectivity index (χ3n) is 5.94. The molecule has 0 unspecified atom stereocenters. The number of morpholine rings is 1. The van der Waals surface area contributed by atoms with E-state index in [0.29, 0.717) is 5.56 Å². The zero-order chi connectivity index (χ0) is 25.6. The van der Waals surface area contributed by atoms with Crippen LogP contribution in [0.25, 0.3) is 0 Å². The van der Waals surface area contributed by atoms with Gasteiger partial charge < -0.3 is 10.1 Å². The van der Waals surface area contributed by atoms with E-state index >= 15 is 0 Å². The van der Waals surface area contributed by atoms with Crippen LogP contribution < -0.4 is 9.62 Å². The lowest BCUT2D eigenvalue weighted by Crippen LogP contribution is -2.49. The summed E-state index contributed by atoms with van der Waals surface area (Å²) in [6.07, 6.45) is 1.19. The lowest BCUT2D eigenvalue weighted by molar-refractivity contribution is -0.384. The van der Waals surface area contributed by atoms with Gasteiger partial charge in [-0.3, -0.25) is 24.1 Å². The van der Waals surface area contributed by atoms with Gasteiger partial charge in [-0.2, -0.15) is 0 Å². The predicted octanol–water partition coefficient (Wildman–Crippen LogP) is 2.60. The Morgan fingerprint density at radius 2 is 1.89 bits per heavy atom. The van der Waals surface area contributed by atoms with Crippen LogP contribution in [0.2, 0.25) is 0 Å². The maximum Gasteiger partial charge on any atom is 0.271 e. The summed E-state index contributed by atoms with van der Waals surface area (Å²) in [6, 6.07) is 10.8. The third-order valence-corrected chi connectivity index (χ3v) is 7.10. The highest BCUT2D eigenvalue weighted by atomic mass is 32.2. The SMILES string of the molecule is CC[C@H](C(=O)NCc1cccc(CN2CCOCC2)c1)N(c1cc([N+](=O)[O-])ccc1C)S(C)(=O)=O. The van der Waals surface area contributed by atoms with E-state index < -0.39 is 26.9 Å². The van der Waals surface area contributed by atoms with E-state index in [1.165, 1.54) is 18.2 Å². The van der Waals surface area contributed by atoms with Crippen molar-refractivity contribution in [2.24, 2.45) is 0 Å². The molecule has 1 fully saturated rings. The lowest BCUT2D eigenvalue weighted by Gasteiger charge is -2.31. The molecule has 0 aliphatic carbocycles. The summed E-state index contributed by atoms with van der Waals surface area (Å²) in [4.78, 5) is 26.2. The molecule has 2 aromatic carbocycles. The van der Waals surface area contributed by atoms with Crippen molar-refractivity contribution in [2.45, 2.75) is 39.4 Å². The van der Waals surface area contributed by atoms with Crippen molar-refractivity contribution in [3.8, 4) is 0 Å². The van der Waals surface area contributed by atoms with E-state index in [0.717, 1.165) is 54.5 Å². The van der Waals surface area contributed by atoms with Gasteiger partial charge >= 0.3 is 0 Å². The van der Waals surface area contributed by atoms with Crippen LogP contribution in [-0.2, 0) is 32.6 Å². The van der Waals surface area contributed by atoms with Crippen LogP contribution in [0.3, 0.4) is 0 Å². The molecule has 0 aromatic heterocycles. The number of nitro benzene ring substituents is 1. The Balaban J connectivity index is 1.77. The van der Waals surface area contributed by atoms with Gasteiger partial charge in [0.15, 0.2) is 0 Å². The largest absolute Gasteiger partial charge is 0.379 e. The highest BCUT2D eigenvalue weighted by Gasteiger charge is 2.33. The number of carbonyl (C=O) groups excluding carboxylic acids is 1. The Morgan fingerprint density at radius 3 is 2.51 bits per heavy atom. The molecule has 1 atom stereocenters. The summed E-state index contributed by atoms with van der Waals surface area (Å²) in [6.45, 7) is 7.56. The summed E-state index contributed by atoms with van der Waals surface area (Å²) in [5.41, 5.74) is 2.41. The molecule has 1 saturated heterocycles. The zero-order valence-electron chi connectivity index (χ0n) is 20.3. The Bertz CT molecular complexity index is 1160. The van der Waals surface area contributed by atoms with E-state index in [-0.39, 0.29) is 24.3 Å². The van der Waals surface area contributed by atoms with Gasteiger partial charge in [0.1, 0.15) is 6.04 Å². The van der Waals surface area contributed by atoms with Crippen molar-refractivity contribution in [3.05, 3.63) is 69.3 Å². The second-order valence-electron chi connectivity index (χ2n) is 8.64. The van der Waals surface area contributed by atoms with Crippen molar-refractivity contribution >= 4 is 27.3 Å². The predicted molar refractivity (Wildman–Crippen MR) is 134 cm³/mol. The fourth-order valence-electron chi connectivity index (χ4n) is 4.15. The molecule has 2 aromatic rings. The second-order valence-corrected chi connectivity index (χ2v) is 10.5. The number of carbonyl (C=O) groups is 1. The normalized spacial score (nSPS) is 15.4. The number of nitrogens with zero attached hydrogens (tertiary/aromatic N) is 3. The van der Waals surface area contributed by atoms with Gasteiger partial charge in [-0.25, -0.2) is 8.42 Å². The topological polar surface area (TPSA) is 122 Å². The fourth-order valence-corrected chi connectivity index (χ4v) is 5.41. The van der Waals surface area contributed by atoms with Gasteiger partial charge in [-0.1, -0.05) is 37.3 Å². The smallest absolute Gasteiger partial charge is 0.271 e. The fraction of sp³-hybridized carbons (Fsp3) is 0.458. The molecule has 0 radical (unpaired) electrons. The molecular formula is C24H32N4O6S. The molecule has 1 aliphatic rings. The number of hydrogen-bond donors (Lipinski definition) is 1. The average molecular weight is 505 g/mol. The van der Waals surface area contributed by atoms with Crippen molar-refractivity contribution in [2.75, 3.05) is 36.9 Å². The molecule has 190 valence electrons. The van der Waals surface area contributed by atoms with Crippen molar-refractivity contribution in [3.63, 3.8) is 0 Å². The molecule has 10 nitrogen and oxygen atoms in total. The maximum atomic E-state index is 13.2. The van der Waals surface area contributed by atoms with E-state index in [1.807, 2.05) is 24.3 Å². The second kappa shape index (κ2) is 11.6. The van der Waals surface area contributed by atoms with Crippen molar-refractivity contribution in [1.82, 2.24) is 10.2 Å². The standard InChI is InChI=1S/C24H32N4O6S/c1-4-22(27(35(3,32)33)23-15-21(28(30)31)9-8-18(23)2)24(29)25-16-19-6-5-7-20(14-19)17-26-10-12-34-13-11-26/h5-9,14-15,22H,4,10-13,16-17H2,1-3H3,(H,25,29)/t22-/m1/s1. The number of non-ortho nitro benzene ring substituents is 1. The first-order valence-corrected chi connectivity index (χ1v) is 13.3. The summed E-state index contributed by atoms with van der Waals surface area (Å²) >= 11 is 0. The van der Waals surface area contributed by atoms with Gasteiger partial charge in [-0.15, -0.1) is 0 Å². The van der Waals surface area contributed by atoms with Crippen LogP contribution >= 0.6 is 0 Å². The lowest BCUT2D eigenvalue weighted by atomic mass is 10.1. The molecule has 1 amide bonds. The first-order valence-electron chi connectivity index (χ1n) is 11.5. The molecular weight excluding hydrogens is 472 g/mol. The number of aryl methyl sites for hydroxylation is 1. The molecule has 3 rings (SSSR count). The number of rotatable bonds is 10. The van der Waals surface area contributed by atoms with E-state index in [4.69, 9.17) is 4.74 Å². The van der Waals surface area contributed by atoms with Crippen LogP contribution in [0.1, 0.15) is 30.0 Å². The number of anilines is 1. The Morgan fingerprint density at radius 1 is 1.20 bits per heavy atom. The van der Waals surface area contributed by atoms with Crippen LogP contribution in [0, 0.1) is 17.0 Å². The van der Waals surface area contributed by atoms with Crippen LogP contribution in [0.4, 0.5) is 11.4 Å². The molecule has 0 bridgehead atoms. The Labute approximate surface area is 206 Å². The molecule has 35 heavy (non-hydrogen) atoms. The zero-order valence-corrected chi connectivity index (χ0v) is 21.1. The van der Waals surface area contributed by atoms with Crippen LogP contribution in [0.15, 0.2) is 42.5 Å². The van der Waals surface area contributed by atoms with E-state index in [1.54, 1.807) is 13.8 Å². The van der Waals surface area contributed by atoms with Gasteiger partial charge in [0.2, 0.25) is 15.9 Å². The number of nitrogens with one attached hydrogen (secondary N) is 1. The Kier molecular flexibility index (Phi) is 8.82. The number of hydrogen-bond acceptors (Lipinski definition) is 7. The minimum atomic E-state index is -3.91. The minimum Gasteiger partial charge on any atom is -0.379 e. The molecule has 11 heteroatoms. The number of benzene rings is 2. The molecule has 1 heterocycles. The molecule has 1 N–H and O–H groups in total. The number of amides is 1. The third kappa shape index (κ3) is 7.00. The first kappa shape index (κ1) is 26.6. The van der Waals surface area contributed by atoms with E-state index in [2.05, 4.69) is 10.2 Å². The van der Waals surface area contributed by atoms with Gasteiger partial charge in [-0.05, 0) is 30.0 Å². The number of nitro groups is 1. The average Bonchev–Trinajstić information content (AvgIpc) is 2.81. The highest BCUT2D eigenvalue weighted by Crippen LogP contribution is 2.30. The van der Waals surface area contributed by atoms with Crippen molar-refractivity contribution in [1.29, 1.82) is 0 Å². The van der Waals surface area contributed by atoms with Crippen molar-refractivity contribution < 1.29 is 22.9 Å². The number of sulfonamides is 1. The van der Waals surface area contributed by atoms with Crippen LogP contribution in [-0.4, -0.2) is 62.7 Å². The summed E-state index contributed by atoms with van der Waals surface area (Å²) in [7, 11) is -3.91. The van der Waals surface area contributed by atoms with Gasteiger partial charge in [0.25, 0.3) is 5.69 Å². The summed E-state index contributed by atoms with van der Waals surface area (Å²) in [5, 5.41) is 14.1. The maximum absolute atomic E-state index is 13.2. The summed E-state index contributed by atoms with van der Waals surface area (Å²) < 4.78 is 31.9. The van der Waals surface area contributed by atoms with E-state index in [9.17, 15) is 23.3 Å². The van der Waals surface area contributed by atoms with Gasteiger partial charge in [0.05, 0.1) is 30.1 Å².